The molecule has 2 saturated heterocycles. The zero-order valence-corrected chi connectivity index (χ0v) is 11.3. The second-order valence-corrected chi connectivity index (χ2v) is 5.51. The van der Waals surface area contributed by atoms with Crippen LogP contribution in [-0.4, -0.2) is 46.8 Å². The zero-order valence-electron chi connectivity index (χ0n) is 11.3. The molecule has 3 rings (SSSR count). The first kappa shape index (κ1) is 14.4. The number of aromatic nitrogens is 2. The van der Waals surface area contributed by atoms with Crippen molar-refractivity contribution in [1.29, 1.82) is 0 Å². The van der Waals surface area contributed by atoms with Gasteiger partial charge in [0, 0.05) is 24.6 Å². The third-order valence-electron chi connectivity index (χ3n) is 4.13. The van der Waals surface area contributed by atoms with E-state index in [9.17, 15) is 18.0 Å². The van der Waals surface area contributed by atoms with E-state index in [1.54, 1.807) is 0 Å². The number of H-pyrrole nitrogens is 1. The molecule has 8 heteroatoms. The van der Waals surface area contributed by atoms with E-state index in [0.29, 0.717) is 25.3 Å². The minimum Gasteiger partial charge on any atom is -0.464 e. The van der Waals surface area contributed by atoms with Crippen LogP contribution in [0.3, 0.4) is 0 Å². The number of cyclic esters (lactones) is 1. The summed E-state index contributed by atoms with van der Waals surface area (Å²) < 4.78 is 42.7. The standard InChI is InChI=1S/C13H16F3N3O2/c14-13(15,16)11-6-9(17-18-11)8-2-1-4-19(7-8)10-3-5-21-12(10)20/h6,8,10H,1-5,7H2,(H,17,18)/t8-,10-/m0/s1. The normalized spacial score (nSPS) is 27.9. The predicted molar refractivity (Wildman–Crippen MR) is 66.5 cm³/mol. The summed E-state index contributed by atoms with van der Waals surface area (Å²) in [6.07, 6.45) is -2.15. The maximum atomic E-state index is 12.6. The van der Waals surface area contributed by atoms with Crippen LogP contribution in [-0.2, 0) is 15.7 Å². The van der Waals surface area contributed by atoms with Gasteiger partial charge >= 0.3 is 12.1 Å². The number of carbonyl (C=O) groups is 1. The Morgan fingerprint density at radius 3 is 2.81 bits per heavy atom. The number of hydrogen-bond acceptors (Lipinski definition) is 4. The number of rotatable bonds is 2. The molecule has 0 spiro atoms. The first-order valence-electron chi connectivity index (χ1n) is 6.98. The van der Waals surface area contributed by atoms with E-state index in [0.717, 1.165) is 25.5 Å². The van der Waals surface area contributed by atoms with Gasteiger partial charge in [0.05, 0.1) is 6.61 Å². The van der Waals surface area contributed by atoms with Crippen molar-refractivity contribution in [2.75, 3.05) is 19.7 Å². The quantitative estimate of drug-likeness (QED) is 0.848. The number of piperidine rings is 1. The molecule has 0 unspecified atom stereocenters. The fourth-order valence-corrected chi connectivity index (χ4v) is 3.05. The first-order chi connectivity index (χ1) is 9.95. The minimum absolute atomic E-state index is 0.0595. The van der Waals surface area contributed by atoms with Crippen molar-refractivity contribution in [2.45, 2.75) is 37.4 Å². The number of likely N-dealkylation sites (tertiary alicyclic amines) is 1. The maximum absolute atomic E-state index is 12.6. The lowest BCUT2D eigenvalue weighted by molar-refractivity contribution is -0.143. The van der Waals surface area contributed by atoms with Crippen LogP contribution in [0.2, 0.25) is 0 Å². The van der Waals surface area contributed by atoms with E-state index in [1.165, 1.54) is 0 Å². The summed E-state index contributed by atoms with van der Waals surface area (Å²) in [4.78, 5) is 13.6. The third kappa shape index (κ3) is 2.90. The van der Waals surface area contributed by atoms with Gasteiger partial charge in [0.1, 0.15) is 6.04 Å². The summed E-state index contributed by atoms with van der Waals surface area (Å²) in [6, 6.07) is 0.819. The van der Waals surface area contributed by atoms with Crippen LogP contribution in [0.25, 0.3) is 0 Å². The van der Waals surface area contributed by atoms with Crippen LogP contribution in [0.5, 0.6) is 0 Å². The van der Waals surface area contributed by atoms with Gasteiger partial charge in [0.2, 0.25) is 0 Å². The molecule has 1 aromatic heterocycles. The number of esters is 1. The second kappa shape index (κ2) is 5.32. The van der Waals surface area contributed by atoms with Gasteiger partial charge in [0.15, 0.2) is 5.69 Å². The Kier molecular flexibility index (Phi) is 3.64. The summed E-state index contributed by atoms with van der Waals surface area (Å²) in [6.45, 7) is 1.75. The van der Waals surface area contributed by atoms with E-state index in [4.69, 9.17) is 4.74 Å². The van der Waals surface area contributed by atoms with E-state index in [-0.39, 0.29) is 17.9 Å². The predicted octanol–water partition coefficient (Wildman–Crippen LogP) is 1.92. The average Bonchev–Trinajstić information content (AvgIpc) is 3.06. The molecule has 0 aliphatic carbocycles. The van der Waals surface area contributed by atoms with Crippen molar-refractivity contribution < 1.29 is 22.7 Å². The van der Waals surface area contributed by atoms with Gasteiger partial charge in [0.25, 0.3) is 0 Å². The van der Waals surface area contributed by atoms with E-state index >= 15 is 0 Å². The Balaban J connectivity index is 1.71. The number of alkyl halides is 3. The van der Waals surface area contributed by atoms with Crippen LogP contribution in [0.1, 0.15) is 36.6 Å². The highest BCUT2D eigenvalue weighted by Gasteiger charge is 2.38. The number of hydrogen-bond donors (Lipinski definition) is 1. The molecule has 5 nitrogen and oxygen atoms in total. The molecule has 2 atom stereocenters. The Morgan fingerprint density at radius 2 is 2.19 bits per heavy atom. The summed E-state index contributed by atoms with van der Waals surface area (Å²) in [5, 5.41) is 5.83. The molecule has 21 heavy (non-hydrogen) atoms. The number of aromatic amines is 1. The van der Waals surface area contributed by atoms with Crippen molar-refractivity contribution >= 4 is 5.97 Å². The third-order valence-corrected chi connectivity index (χ3v) is 4.13. The summed E-state index contributed by atoms with van der Waals surface area (Å²) in [5.41, 5.74) is -0.409. The van der Waals surface area contributed by atoms with Gasteiger partial charge in [-0.2, -0.15) is 18.3 Å². The van der Waals surface area contributed by atoms with Gasteiger partial charge in [-0.3, -0.25) is 14.8 Å². The maximum Gasteiger partial charge on any atom is 0.435 e. The van der Waals surface area contributed by atoms with E-state index in [1.807, 2.05) is 4.90 Å². The minimum atomic E-state index is -4.43. The Morgan fingerprint density at radius 1 is 1.38 bits per heavy atom. The lowest BCUT2D eigenvalue weighted by Gasteiger charge is -2.34. The van der Waals surface area contributed by atoms with Crippen LogP contribution >= 0.6 is 0 Å². The van der Waals surface area contributed by atoms with Crippen molar-refractivity contribution in [3.05, 3.63) is 17.5 Å². The van der Waals surface area contributed by atoms with Crippen LogP contribution in [0.15, 0.2) is 6.07 Å². The Hall–Kier alpha value is -1.57. The molecular weight excluding hydrogens is 287 g/mol. The molecule has 2 aliphatic heterocycles. The van der Waals surface area contributed by atoms with Gasteiger partial charge in [-0.15, -0.1) is 0 Å². The Labute approximate surface area is 119 Å². The molecule has 0 bridgehead atoms. The highest BCUT2D eigenvalue weighted by Crippen LogP contribution is 2.33. The van der Waals surface area contributed by atoms with E-state index in [2.05, 4.69) is 10.2 Å². The molecule has 3 heterocycles. The number of halogens is 3. The average molecular weight is 303 g/mol. The van der Waals surface area contributed by atoms with Crippen molar-refractivity contribution in [2.24, 2.45) is 0 Å². The number of nitrogens with one attached hydrogen (secondary N) is 1. The molecule has 2 aliphatic rings. The van der Waals surface area contributed by atoms with Gasteiger partial charge < -0.3 is 4.74 Å². The fourth-order valence-electron chi connectivity index (χ4n) is 3.05. The first-order valence-corrected chi connectivity index (χ1v) is 6.98. The lowest BCUT2D eigenvalue weighted by Crippen LogP contribution is -2.44. The zero-order chi connectivity index (χ0) is 15.0. The molecule has 116 valence electrons. The van der Waals surface area contributed by atoms with E-state index < -0.39 is 11.9 Å². The molecule has 0 radical (unpaired) electrons. The number of ether oxygens (including phenoxy) is 1. The SMILES string of the molecule is O=C1OCC[C@@H]1N1CCC[C@H](c2cc(C(F)(F)F)n[nH]2)C1. The smallest absolute Gasteiger partial charge is 0.435 e. The molecule has 0 amide bonds. The number of nitrogens with zero attached hydrogens (tertiary/aromatic N) is 2. The largest absolute Gasteiger partial charge is 0.464 e. The fraction of sp³-hybridized carbons (Fsp3) is 0.692. The van der Waals surface area contributed by atoms with Gasteiger partial charge in [-0.25, -0.2) is 0 Å². The van der Waals surface area contributed by atoms with Crippen LogP contribution in [0.4, 0.5) is 13.2 Å². The summed E-state index contributed by atoms with van der Waals surface area (Å²) in [5.74, 6) is -0.285. The number of carbonyl (C=O) groups excluding carboxylic acids is 1. The summed E-state index contributed by atoms with van der Waals surface area (Å²) in [7, 11) is 0. The molecule has 0 aromatic carbocycles. The van der Waals surface area contributed by atoms with Crippen LogP contribution < -0.4 is 0 Å². The van der Waals surface area contributed by atoms with Crippen LogP contribution in [0, 0.1) is 0 Å². The Bertz CT molecular complexity index is 529. The molecule has 2 fully saturated rings. The molecule has 1 N–H and O–H groups in total. The molecule has 0 saturated carbocycles. The van der Waals surface area contributed by atoms with Crippen molar-refractivity contribution in [3.8, 4) is 0 Å². The topological polar surface area (TPSA) is 58.2 Å². The monoisotopic (exact) mass is 303 g/mol. The highest BCUT2D eigenvalue weighted by molar-refractivity contribution is 5.77. The molecule has 1 aromatic rings. The van der Waals surface area contributed by atoms with Crippen molar-refractivity contribution in [1.82, 2.24) is 15.1 Å². The van der Waals surface area contributed by atoms with Crippen molar-refractivity contribution in [3.63, 3.8) is 0 Å². The highest BCUT2D eigenvalue weighted by atomic mass is 19.4. The summed E-state index contributed by atoms with van der Waals surface area (Å²) >= 11 is 0. The lowest BCUT2D eigenvalue weighted by atomic mass is 9.93. The molecular formula is C13H16F3N3O2. The van der Waals surface area contributed by atoms with Gasteiger partial charge in [-0.05, 0) is 25.5 Å². The second-order valence-electron chi connectivity index (χ2n) is 5.51. The van der Waals surface area contributed by atoms with Gasteiger partial charge in [-0.1, -0.05) is 0 Å².